The molecule has 3 N–H and O–H groups in total. The number of fused-ring (bicyclic) bond motifs is 1. The van der Waals surface area contributed by atoms with E-state index in [4.69, 9.17) is 19.7 Å². The first kappa shape index (κ1) is 23.8. The van der Waals surface area contributed by atoms with Crippen molar-refractivity contribution in [2.75, 3.05) is 26.3 Å². The van der Waals surface area contributed by atoms with Crippen LogP contribution in [0.5, 0.6) is 5.88 Å². The Kier molecular flexibility index (Phi) is 8.06. The van der Waals surface area contributed by atoms with Crippen molar-refractivity contribution in [1.29, 1.82) is 0 Å². The van der Waals surface area contributed by atoms with E-state index in [1.54, 1.807) is 24.3 Å². The standard InChI is InChI=1S/C18H17F2N3O2.C4H4O4/c19-12-5-6-16-14(9-12)18(25-11-13-10-21-7-8-24-13)22-23(16)17-4-2-1-3-15(17)20;5-3(6)1-2-4(7)8/h1-6,9,13,21H,7-8,10-11H2;1-2H,(H,5,6)(H,7,8). The molecule has 0 spiro atoms. The van der Waals surface area contributed by atoms with Gasteiger partial charge in [-0.2, -0.15) is 0 Å². The Hall–Kier alpha value is -3.83. The molecule has 1 aliphatic heterocycles. The summed E-state index contributed by atoms with van der Waals surface area (Å²) in [7, 11) is 0. The van der Waals surface area contributed by atoms with Crippen LogP contribution in [0, 0.1) is 11.6 Å². The highest BCUT2D eigenvalue weighted by molar-refractivity contribution is 5.89. The number of nitrogens with one attached hydrogen (secondary N) is 1. The fourth-order valence-electron chi connectivity index (χ4n) is 3.02. The van der Waals surface area contributed by atoms with Gasteiger partial charge < -0.3 is 25.0 Å². The van der Waals surface area contributed by atoms with Gasteiger partial charge in [0.25, 0.3) is 0 Å². The number of halogens is 2. The SMILES string of the molecule is Fc1ccc2c(c1)c(OCC1CNCCO1)nn2-c1ccccc1F.O=C(O)C=CC(=O)O. The zero-order valence-electron chi connectivity index (χ0n) is 17.3. The van der Waals surface area contributed by atoms with Gasteiger partial charge in [0.2, 0.25) is 5.88 Å². The average Bonchev–Trinajstić information content (AvgIpc) is 3.15. The van der Waals surface area contributed by atoms with Crippen LogP contribution >= 0.6 is 0 Å². The fraction of sp³-hybridized carbons (Fsp3) is 0.227. The molecule has 2 heterocycles. The molecule has 9 nitrogen and oxygen atoms in total. The van der Waals surface area contributed by atoms with Gasteiger partial charge in [0.05, 0.1) is 17.5 Å². The van der Waals surface area contributed by atoms with Crippen LogP contribution in [0.25, 0.3) is 16.6 Å². The van der Waals surface area contributed by atoms with Crippen molar-refractivity contribution in [3.05, 3.63) is 66.3 Å². The van der Waals surface area contributed by atoms with Crippen molar-refractivity contribution in [3.63, 3.8) is 0 Å². The summed E-state index contributed by atoms with van der Waals surface area (Å²) < 4.78 is 40.7. The third kappa shape index (κ3) is 6.57. The molecule has 11 heteroatoms. The third-order valence-electron chi connectivity index (χ3n) is 4.47. The van der Waals surface area contributed by atoms with Gasteiger partial charge in [-0.25, -0.2) is 23.1 Å². The minimum Gasteiger partial charge on any atom is -0.478 e. The van der Waals surface area contributed by atoms with Gasteiger partial charge in [0.15, 0.2) is 0 Å². The number of hydrogen-bond acceptors (Lipinski definition) is 6. The second-order valence-corrected chi connectivity index (χ2v) is 6.85. The highest BCUT2D eigenvalue weighted by atomic mass is 19.1. The first-order chi connectivity index (χ1) is 15.8. The summed E-state index contributed by atoms with van der Waals surface area (Å²) in [6.45, 7) is 2.40. The maximum atomic E-state index is 14.2. The molecule has 0 amide bonds. The van der Waals surface area contributed by atoms with E-state index in [0.717, 1.165) is 6.54 Å². The predicted molar refractivity (Wildman–Crippen MR) is 114 cm³/mol. The Morgan fingerprint density at radius 1 is 1.18 bits per heavy atom. The number of aliphatic carboxylic acids is 2. The number of benzene rings is 2. The molecule has 33 heavy (non-hydrogen) atoms. The molecule has 1 aliphatic rings. The van der Waals surface area contributed by atoms with Crippen molar-refractivity contribution in [2.45, 2.75) is 6.10 Å². The monoisotopic (exact) mass is 461 g/mol. The Balaban J connectivity index is 0.000000331. The van der Waals surface area contributed by atoms with Crippen LogP contribution in [-0.2, 0) is 14.3 Å². The molecule has 1 unspecified atom stereocenters. The summed E-state index contributed by atoms with van der Waals surface area (Å²) in [5, 5.41) is 23.7. The van der Waals surface area contributed by atoms with Crippen LogP contribution in [0.15, 0.2) is 54.6 Å². The number of ether oxygens (including phenoxy) is 2. The molecule has 0 bridgehead atoms. The van der Waals surface area contributed by atoms with E-state index < -0.39 is 23.6 Å². The minimum atomic E-state index is -1.26. The second-order valence-electron chi connectivity index (χ2n) is 6.85. The zero-order valence-corrected chi connectivity index (χ0v) is 17.3. The van der Waals surface area contributed by atoms with Crippen LogP contribution < -0.4 is 10.1 Å². The first-order valence-corrected chi connectivity index (χ1v) is 9.87. The molecule has 1 aromatic heterocycles. The zero-order chi connectivity index (χ0) is 23.8. The molecular weight excluding hydrogens is 440 g/mol. The van der Waals surface area contributed by atoms with Crippen molar-refractivity contribution >= 4 is 22.8 Å². The Labute approximate surface area is 186 Å². The topological polar surface area (TPSA) is 123 Å². The molecular formula is C22H21F2N3O6. The van der Waals surface area contributed by atoms with Gasteiger partial charge in [0.1, 0.15) is 30.0 Å². The molecule has 4 rings (SSSR count). The molecule has 1 atom stereocenters. The van der Waals surface area contributed by atoms with Gasteiger partial charge in [-0.15, -0.1) is 5.10 Å². The molecule has 0 radical (unpaired) electrons. The van der Waals surface area contributed by atoms with E-state index in [1.165, 1.54) is 22.9 Å². The van der Waals surface area contributed by atoms with Gasteiger partial charge in [-0.1, -0.05) is 12.1 Å². The van der Waals surface area contributed by atoms with E-state index in [2.05, 4.69) is 10.4 Å². The maximum Gasteiger partial charge on any atom is 0.328 e. The number of carboxylic acids is 2. The van der Waals surface area contributed by atoms with E-state index in [9.17, 15) is 18.4 Å². The number of carboxylic acid groups (broad SMARTS) is 2. The number of aromatic nitrogens is 2. The lowest BCUT2D eigenvalue weighted by Gasteiger charge is -2.23. The Morgan fingerprint density at radius 3 is 2.55 bits per heavy atom. The molecule has 0 aliphatic carbocycles. The predicted octanol–water partition coefficient (Wildman–Crippen LogP) is 2.38. The summed E-state index contributed by atoms with van der Waals surface area (Å²) in [4.78, 5) is 19.1. The van der Waals surface area contributed by atoms with E-state index in [1.807, 2.05) is 0 Å². The summed E-state index contributed by atoms with van der Waals surface area (Å²) in [6.07, 6.45) is 1.01. The van der Waals surface area contributed by atoms with Gasteiger partial charge in [0, 0.05) is 25.2 Å². The second kappa shape index (κ2) is 11.2. The number of morpholine rings is 1. The highest BCUT2D eigenvalue weighted by Crippen LogP contribution is 2.29. The molecule has 174 valence electrons. The molecule has 1 saturated heterocycles. The van der Waals surface area contributed by atoms with Crippen molar-refractivity contribution < 1.29 is 38.1 Å². The van der Waals surface area contributed by atoms with Crippen molar-refractivity contribution in [2.24, 2.45) is 0 Å². The summed E-state index contributed by atoms with van der Waals surface area (Å²) >= 11 is 0. The van der Waals surface area contributed by atoms with Crippen LogP contribution in [0.2, 0.25) is 0 Å². The van der Waals surface area contributed by atoms with Crippen LogP contribution in [-0.4, -0.2) is 64.3 Å². The van der Waals surface area contributed by atoms with Crippen LogP contribution in [0.3, 0.4) is 0 Å². The maximum absolute atomic E-state index is 14.2. The third-order valence-corrected chi connectivity index (χ3v) is 4.47. The van der Waals surface area contributed by atoms with Gasteiger partial charge in [-0.05, 0) is 30.3 Å². The summed E-state index contributed by atoms with van der Waals surface area (Å²) in [5.74, 6) is -3.07. The lowest BCUT2D eigenvalue weighted by molar-refractivity contribution is -0.134. The molecule has 2 aromatic carbocycles. The number of rotatable bonds is 6. The number of hydrogen-bond donors (Lipinski definition) is 3. The fourth-order valence-corrected chi connectivity index (χ4v) is 3.02. The van der Waals surface area contributed by atoms with Gasteiger partial charge >= 0.3 is 11.9 Å². The largest absolute Gasteiger partial charge is 0.478 e. The summed E-state index contributed by atoms with van der Waals surface area (Å²) in [6, 6.07) is 10.5. The smallest absolute Gasteiger partial charge is 0.328 e. The quantitative estimate of drug-likeness (QED) is 0.479. The number of nitrogens with zero attached hydrogens (tertiary/aromatic N) is 2. The van der Waals surface area contributed by atoms with Crippen LogP contribution in [0.4, 0.5) is 8.78 Å². The average molecular weight is 461 g/mol. The van der Waals surface area contributed by atoms with E-state index >= 15 is 0 Å². The Bertz CT molecular complexity index is 1140. The Morgan fingerprint density at radius 2 is 1.91 bits per heavy atom. The molecule has 3 aromatic rings. The highest BCUT2D eigenvalue weighted by Gasteiger charge is 2.19. The number of para-hydroxylation sites is 1. The first-order valence-electron chi connectivity index (χ1n) is 9.87. The van der Waals surface area contributed by atoms with Crippen LogP contribution in [0.1, 0.15) is 0 Å². The lowest BCUT2D eigenvalue weighted by atomic mass is 10.2. The minimum absolute atomic E-state index is 0.101. The van der Waals surface area contributed by atoms with E-state index in [-0.39, 0.29) is 24.3 Å². The van der Waals surface area contributed by atoms with Crippen molar-refractivity contribution in [1.82, 2.24) is 15.1 Å². The molecule has 1 fully saturated rings. The van der Waals surface area contributed by atoms with E-state index in [0.29, 0.717) is 36.2 Å². The van der Waals surface area contributed by atoms with Gasteiger partial charge in [-0.3, -0.25) is 0 Å². The number of carbonyl (C=O) groups is 2. The molecule has 0 saturated carbocycles. The summed E-state index contributed by atoms with van der Waals surface area (Å²) in [5.41, 5.74) is 0.855. The normalized spacial score (nSPS) is 15.8. The van der Waals surface area contributed by atoms with Crippen molar-refractivity contribution in [3.8, 4) is 11.6 Å². The lowest BCUT2D eigenvalue weighted by Crippen LogP contribution is -2.41.